The van der Waals surface area contributed by atoms with Gasteiger partial charge in [-0.3, -0.25) is 4.79 Å². The number of carbonyl (C=O) groups excluding carboxylic acids is 1. The molecule has 4 heteroatoms. The van der Waals surface area contributed by atoms with Crippen LogP contribution >= 0.6 is 11.8 Å². The molecular formula is C23H24N2OS. The van der Waals surface area contributed by atoms with Gasteiger partial charge in [0.1, 0.15) is 5.25 Å². The van der Waals surface area contributed by atoms with Crippen molar-refractivity contribution in [1.29, 1.82) is 0 Å². The van der Waals surface area contributed by atoms with Crippen molar-refractivity contribution in [3.63, 3.8) is 0 Å². The molecule has 0 aliphatic heterocycles. The number of nitrogens with zero attached hydrogens (tertiary/aromatic N) is 1. The first kappa shape index (κ1) is 18.1. The first-order valence-corrected chi connectivity index (χ1v) is 10.6. The van der Waals surface area contributed by atoms with Crippen LogP contribution in [0.2, 0.25) is 0 Å². The minimum atomic E-state index is -0.290. The molecule has 1 fully saturated rings. The molecular weight excluding hydrogens is 352 g/mol. The summed E-state index contributed by atoms with van der Waals surface area (Å²) in [6, 6.07) is 22.5. The van der Waals surface area contributed by atoms with Crippen molar-refractivity contribution in [1.82, 2.24) is 10.3 Å². The average Bonchev–Trinajstić information content (AvgIpc) is 2.73. The Morgan fingerprint density at radius 1 is 0.926 bits per heavy atom. The van der Waals surface area contributed by atoms with E-state index in [-0.39, 0.29) is 11.2 Å². The molecule has 0 spiro atoms. The highest BCUT2D eigenvalue weighted by Crippen LogP contribution is 2.35. The van der Waals surface area contributed by atoms with E-state index in [4.69, 9.17) is 4.98 Å². The molecule has 3 nitrogen and oxygen atoms in total. The molecule has 27 heavy (non-hydrogen) atoms. The van der Waals surface area contributed by atoms with Gasteiger partial charge in [0.2, 0.25) is 5.91 Å². The van der Waals surface area contributed by atoms with Crippen LogP contribution in [0.3, 0.4) is 0 Å². The summed E-state index contributed by atoms with van der Waals surface area (Å²) >= 11 is 1.53. The molecule has 4 rings (SSSR count). The van der Waals surface area contributed by atoms with E-state index in [9.17, 15) is 4.79 Å². The average molecular weight is 377 g/mol. The predicted octanol–water partition coefficient (Wildman–Crippen LogP) is 5.52. The Balaban J connectivity index is 1.58. The number of rotatable bonds is 5. The number of nitrogens with one attached hydrogen (secondary N) is 1. The molecule has 2 aromatic carbocycles. The second kappa shape index (κ2) is 8.57. The highest BCUT2D eigenvalue weighted by atomic mass is 32.2. The van der Waals surface area contributed by atoms with E-state index >= 15 is 0 Å². The van der Waals surface area contributed by atoms with Gasteiger partial charge in [-0.2, -0.15) is 0 Å². The van der Waals surface area contributed by atoms with Gasteiger partial charge in [0.25, 0.3) is 0 Å². The van der Waals surface area contributed by atoms with Gasteiger partial charge in [-0.15, -0.1) is 0 Å². The lowest BCUT2D eigenvalue weighted by Gasteiger charge is -2.25. The van der Waals surface area contributed by atoms with Gasteiger partial charge in [0.15, 0.2) is 0 Å². The van der Waals surface area contributed by atoms with E-state index in [1.807, 2.05) is 54.6 Å². The van der Waals surface area contributed by atoms with Crippen LogP contribution in [0.5, 0.6) is 0 Å². The normalized spacial score (nSPS) is 16.1. The van der Waals surface area contributed by atoms with Crippen LogP contribution in [-0.4, -0.2) is 16.9 Å². The quantitative estimate of drug-likeness (QED) is 0.596. The fourth-order valence-corrected chi connectivity index (χ4v) is 4.67. The summed E-state index contributed by atoms with van der Waals surface area (Å²) in [7, 11) is 0. The van der Waals surface area contributed by atoms with Crippen LogP contribution in [0.15, 0.2) is 71.8 Å². The van der Waals surface area contributed by atoms with Crippen LogP contribution in [0.25, 0.3) is 10.9 Å². The Bertz CT molecular complexity index is 906. The van der Waals surface area contributed by atoms with Crippen LogP contribution in [0.4, 0.5) is 0 Å². The number of pyridine rings is 1. The zero-order valence-corrected chi connectivity index (χ0v) is 16.1. The molecule has 1 N–H and O–H groups in total. The number of para-hydroxylation sites is 1. The molecule has 1 aromatic heterocycles. The highest BCUT2D eigenvalue weighted by molar-refractivity contribution is 8.00. The van der Waals surface area contributed by atoms with Crippen LogP contribution in [-0.2, 0) is 4.79 Å². The summed E-state index contributed by atoms with van der Waals surface area (Å²) in [6.45, 7) is 0. The fraction of sp³-hybridized carbons (Fsp3) is 0.304. The molecule has 1 aliphatic rings. The Kier molecular flexibility index (Phi) is 5.73. The predicted molar refractivity (Wildman–Crippen MR) is 112 cm³/mol. The van der Waals surface area contributed by atoms with Gasteiger partial charge in [-0.05, 0) is 30.5 Å². The number of aromatic nitrogens is 1. The molecule has 1 amide bonds. The molecule has 1 saturated carbocycles. The van der Waals surface area contributed by atoms with Crippen LogP contribution in [0, 0.1) is 0 Å². The smallest absolute Gasteiger partial charge is 0.238 e. The van der Waals surface area contributed by atoms with Crippen molar-refractivity contribution in [2.24, 2.45) is 0 Å². The summed E-state index contributed by atoms with van der Waals surface area (Å²) in [5.74, 6) is 0.0908. The van der Waals surface area contributed by atoms with Gasteiger partial charge in [-0.1, -0.05) is 85.6 Å². The van der Waals surface area contributed by atoms with Crippen LogP contribution < -0.4 is 5.32 Å². The van der Waals surface area contributed by atoms with E-state index in [2.05, 4.69) is 17.4 Å². The van der Waals surface area contributed by atoms with Crippen molar-refractivity contribution in [3.8, 4) is 0 Å². The summed E-state index contributed by atoms with van der Waals surface area (Å²) < 4.78 is 0. The second-order valence-corrected chi connectivity index (χ2v) is 8.22. The number of fused-ring (bicyclic) bond motifs is 1. The highest BCUT2D eigenvalue weighted by Gasteiger charge is 2.25. The van der Waals surface area contributed by atoms with Gasteiger partial charge in [0, 0.05) is 11.4 Å². The monoisotopic (exact) mass is 376 g/mol. The van der Waals surface area contributed by atoms with Crippen LogP contribution in [0.1, 0.15) is 42.9 Å². The largest absolute Gasteiger partial charge is 0.352 e. The molecule has 138 valence electrons. The van der Waals surface area contributed by atoms with E-state index in [0.29, 0.717) is 6.04 Å². The van der Waals surface area contributed by atoms with E-state index in [0.717, 1.165) is 34.3 Å². The fourth-order valence-electron chi connectivity index (χ4n) is 3.66. The molecule has 1 heterocycles. The Hall–Kier alpha value is -2.33. The van der Waals surface area contributed by atoms with Crippen molar-refractivity contribution in [2.45, 2.75) is 48.4 Å². The third-order valence-corrected chi connectivity index (χ3v) is 6.29. The SMILES string of the molecule is O=C(NC1CCCCC1)[C@@H](Sc1ccc2ccccc2n1)c1ccccc1. The number of thioether (sulfide) groups is 1. The minimum Gasteiger partial charge on any atom is -0.352 e. The van der Waals surface area contributed by atoms with Crippen molar-refractivity contribution < 1.29 is 4.79 Å². The summed E-state index contributed by atoms with van der Waals surface area (Å²) in [6.07, 6.45) is 5.88. The second-order valence-electron chi connectivity index (χ2n) is 7.09. The topological polar surface area (TPSA) is 42.0 Å². The number of hydrogen-bond acceptors (Lipinski definition) is 3. The number of amides is 1. The Morgan fingerprint density at radius 2 is 1.67 bits per heavy atom. The molecule has 0 bridgehead atoms. The Morgan fingerprint density at radius 3 is 2.48 bits per heavy atom. The third-order valence-electron chi connectivity index (χ3n) is 5.10. The maximum atomic E-state index is 13.1. The van der Waals surface area contributed by atoms with Gasteiger partial charge >= 0.3 is 0 Å². The standard InChI is InChI=1S/C23H24N2OS/c26-23(24-19-12-5-2-6-13-19)22(18-10-3-1-4-11-18)27-21-16-15-17-9-7-8-14-20(17)25-21/h1,3-4,7-11,14-16,19,22H,2,5-6,12-13H2,(H,24,26)/t22-/m0/s1. The maximum absolute atomic E-state index is 13.1. The number of carbonyl (C=O) groups is 1. The summed E-state index contributed by atoms with van der Waals surface area (Å²) in [5.41, 5.74) is 1.98. The summed E-state index contributed by atoms with van der Waals surface area (Å²) in [4.78, 5) is 17.9. The zero-order valence-electron chi connectivity index (χ0n) is 15.3. The molecule has 1 atom stereocenters. The van der Waals surface area contributed by atoms with Crippen molar-refractivity contribution >= 4 is 28.6 Å². The Labute approximate surface area is 164 Å². The molecule has 0 unspecified atom stereocenters. The molecule has 0 radical (unpaired) electrons. The lowest BCUT2D eigenvalue weighted by molar-refractivity contribution is -0.121. The van der Waals surface area contributed by atoms with E-state index < -0.39 is 0 Å². The van der Waals surface area contributed by atoms with E-state index in [1.54, 1.807) is 0 Å². The first-order chi connectivity index (χ1) is 13.3. The van der Waals surface area contributed by atoms with Crippen molar-refractivity contribution in [2.75, 3.05) is 0 Å². The minimum absolute atomic E-state index is 0.0908. The van der Waals surface area contributed by atoms with Crippen molar-refractivity contribution in [3.05, 3.63) is 72.3 Å². The lowest BCUT2D eigenvalue weighted by Crippen LogP contribution is -2.38. The first-order valence-electron chi connectivity index (χ1n) is 9.67. The van der Waals surface area contributed by atoms with Gasteiger partial charge < -0.3 is 5.32 Å². The lowest BCUT2D eigenvalue weighted by atomic mass is 9.95. The number of hydrogen-bond donors (Lipinski definition) is 1. The zero-order chi connectivity index (χ0) is 18.5. The van der Waals surface area contributed by atoms with Gasteiger partial charge in [0.05, 0.1) is 10.5 Å². The summed E-state index contributed by atoms with van der Waals surface area (Å²) in [5, 5.41) is 4.99. The third kappa shape index (κ3) is 4.51. The molecule has 0 saturated heterocycles. The molecule has 1 aliphatic carbocycles. The molecule has 3 aromatic rings. The van der Waals surface area contributed by atoms with Gasteiger partial charge in [-0.25, -0.2) is 4.98 Å². The number of benzene rings is 2. The van der Waals surface area contributed by atoms with E-state index in [1.165, 1.54) is 31.0 Å². The maximum Gasteiger partial charge on any atom is 0.238 e.